The van der Waals surface area contributed by atoms with Crippen molar-refractivity contribution in [2.24, 2.45) is 0 Å². The molecule has 0 aliphatic carbocycles. The predicted octanol–water partition coefficient (Wildman–Crippen LogP) is 2.54. The zero-order chi connectivity index (χ0) is 13.8. The molecule has 1 heterocycles. The molecule has 1 amide bonds. The van der Waals surface area contributed by atoms with Gasteiger partial charge in [-0.1, -0.05) is 6.07 Å². The van der Waals surface area contributed by atoms with E-state index in [1.54, 1.807) is 0 Å². The van der Waals surface area contributed by atoms with Crippen molar-refractivity contribution in [3.63, 3.8) is 0 Å². The van der Waals surface area contributed by atoms with Gasteiger partial charge in [-0.3, -0.25) is 9.89 Å². The third-order valence-corrected chi connectivity index (χ3v) is 2.50. The number of hydrogen-bond donors (Lipinski definition) is 3. The Labute approximate surface area is 115 Å². The lowest BCUT2D eigenvalue weighted by molar-refractivity contribution is -0.114. The summed E-state index contributed by atoms with van der Waals surface area (Å²) in [6, 6.07) is 7.32. The van der Waals surface area contributed by atoms with Gasteiger partial charge in [-0.25, -0.2) is 0 Å². The van der Waals surface area contributed by atoms with Crippen molar-refractivity contribution in [2.75, 3.05) is 10.6 Å². The molecule has 1 aromatic carbocycles. The van der Waals surface area contributed by atoms with Crippen molar-refractivity contribution in [3.05, 3.63) is 34.7 Å². The number of carbonyl (C=O) groups is 1. The molecule has 0 bridgehead atoms. The van der Waals surface area contributed by atoms with E-state index in [0.717, 1.165) is 5.69 Å². The Morgan fingerprint density at radius 3 is 2.84 bits per heavy atom. The Balaban J connectivity index is 2.25. The quantitative estimate of drug-likeness (QED) is 0.750. The van der Waals surface area contributed by atoms with E-state index in [1.165, 1.54) is 6.92 Å². The van der Waals surface area contributed by atoms with Crippen molar-refractivity contribution >= 4 is 35.3 Å². The zero-order valence-electron chi connectivity index (χ0n) is 10.5. The van der Waals surface area contributed by atoms with Crippen LogP contribution >= 0.6 is 12.2 Å². The summed E-state index contributed by atoms with van der Waals surface area (Å²) < 4.78 is 0.311. The molecule has 7 heteroatoms. The Bertz CT molecular complexity index is 667. The second-order valence-corrected chi connectivity index (χ2v) is 4.35. The van der Waals surface area contributed by atoms with Gasteiger partial charge < -0.3 is 10.6 Å². The summed E-state index contributed by atoms with van der Waals surface area (Å²) >= 11 is 4.93. The van der Waals surface area contributed by atoms with E-state index in [2.05, 4.69) is 25.8 Å². The molecule has 0 unspecified atom stereocenters. The van der Waals surface area contributed by atoms with Crippen LogP contribution in [-0.2, 0) is 4.79 Å². The topological polar surface area (TPSA) is 82.7 Å². The molecule has 2 aromatic rings. The van der Waals surface area contributed by atoms with Crippen molar-refractivity contribution in [1.29, 1.82) is 0 Å². The third-order valence-electron chi connectivity index (χ3n) is 2.32. The monoisotopic (exact) mass is 275 g/mol. The van der Waals surface area contributed by atoms with E-state index >= 15 is 0 Å². The molecule has 0 spiro atoms. The Morgan fingerprint density at radius 2 is 2.11 bits per heavy atom. The molecule has 0 fully saturated rings. The highest BCUT2D eigenvalue weighted by Crippen LogP contribution is 2.19. The van der Waals surface area contributed by atoms with Gasteiger partial charge in [0.1, 0.15) is 5.69 Å². The number of aromatic nitrogens is 3. The SMILES string of the molecule is CC(=O)Nc1cccc(Nc2nc(=S)[nH]nc2C)c1. The summed E-state index contributed by atoms with van der Waals surface area (Å²) in [7, 11) is 0. The van der Waals surface area contributed by atoms with Gasteiger partial charge in [0.2, 0.25) is 10.7 Å². The number of hydrogen-bond acceptors (Lipinski definition) is 5. The van der Waals surface area contributed by atoms with Gasteiger partial charge in [-0.2, -0.15) is 10.1 Å². The normalized spacial score (nSPS) is 10.0. The molecular formula is C12H13N5OS. The number of rotatable bonds is 3. The van der Waals surface area contributed by atoms with Crippen LogP contribution in [0, 0.1) is 11.7 Å². The van der Waals surface area contributed by atoms with Crippen LogP contribution in [0.15, 0.2) is 24.3 Å². The molecule has 0 aliphatic heterocycles. The van der Waals surface area contributed by atoms with E-state index in [9.17, 15) is 4.79 Å². The molecule has 0 atom stereocenters. The number of nitrogens with zero attached hydrogens (tertiary/aromatic N) is 2. The van der Waals surface area contributed by atoms with Crippen LogP contribution in [0.5, 0.6) is 0 Å². The number of amides is 1. The minimum absolute atomic E-state index is 0.115. The van der Waals surface area contributed by atoms with Crippen LogP contribution in [0.3, 0.4) is 0 Å². The Morgan fingerprint density at radius 1 is 1.37 bits per heavy atom. The Hall–Kier alpha value is -2.28. The first-order valence-electron chi connectivity index (χ1n) is 5.62. The van der Waals surface area contributed by atoms with E-state index in [4.69, 9.17) is 12.2 Å². The average molecular weight is 275 g/mol. The van der Waals surface area contributed by atoms with Crippen molar-refractivity contribution in [1.82, 2.24) is 15.2 Å². The van der Waals surface area contributed by atoms with Crippen LogP contribution in [0.2, 0.25) is 0 Å². The maximum absolute atomic E-state index is 11.0. The summed E-state index contributed by atoms with van der Waals surface area (Å²) in [5.41, 5.74) is 2.21. The van der Waals surface area contributed by atoms with Gasteiger partial charge in [-0.15, -0.1) is 0 Å². The minimum Gasteiger partial charge on any atom is -0.339 e. The second-order valence-electron chi connectivity index (χ2n) is 3.96. The maximum atomic E-state index is 11.0. The lowest BCUT2D eigenvalue weighted by atomic mass is 10.2. The van der Waals surface area contributed by atoms with Gasteiger partial charge in [-0.05, 0) is 37.3 Å². The lowest BCUT2D eigenvalue weighted by Gasteiger charge is -2.09. The van der Waals surface area contributed by atoms with Crippen LogP contribution < -0.4 is 10.6 Å². The average Bonchev–Trinajstić information content (AvgIpc) is 2.33. The summed E-state index contributed by atoms with van der Waals surface area (Å²) in [4.78, 5) is 15.2. The molecule has 2 rings (SSSR count). The predicted molar refractivity (Wildman–Crippen MR) is 76.0 cm³/mol. The number of nitrogens with one attached hydrogen (secondary N) is 3. The van der Waals surface area contributed by atoms with Gasteiger partial charge in [0.05, 0.1) is 0 Å². The van der Waals surface area contributed by atoms with Gasteiger partial charge >= 0.3 is 0 Å². The largest absolute Gasteiger partial charge is 0.339 e. The summed E-state index contributed by atoms with van der Waals surface area (Å²) in [6.07, 6.45) is 0. The fraction of sp³-hybridized carbons (Fsp3) is 0.167. The number of H-pyrrole nitrogens is 1. The van der Waals surface area contributed by atoms with E-state index < -0.39 is 0 Å². The molecule has 19 heavy (non-hydrogen) atoms. The van der Waals surface area contributed by atoms with Crippen LogP contribution in [0.25, 0.3) is 0 Å². The molecule has 0 saturated carbocycles. The summed E-state index contributed by atoms with van der Waals surface area (Å²) in [5, 5.41) is 12.5. The summed E-state index contributed by atoms with van der Waals surface area (Å²) in [6.45, 7) is 3.28. The first-order chi connectivity index (χ1) is 9.04. The van der Waals surface area contributed by atoms with Crippen LogP contribution in [0.4, 0.5) is 17.2 Å². The van der Waals surface area contributed by atoms with Crippen molar-refractivity contribution in [3.8, 4) is 0 Å². The molecule has 0 radical (unpaired) electrons. The number of benzene rings is 1. The highest BCUT2D eigenvalue weighted by Gasteiger charge is 2.03. The molecule has 1 aromatic heterocycles. The zero-order valence-corrected chi connectivity index (χ0v) is 11.3. The number of anilines is 3. The van der Waals surface area contributed by atoms with Crippen molar-refractivity contribution in [2.45, 2.75) is 13.8 Å². The van der Waals surface area contributed by atoms with E-state index in [-0.39, 0.29) is 5.91 Å². The van der Waals surface area contributed by atoms with Crippen LogP contribution in [0.1, 0.15) is 12.6 Å². The smallest absolute Gasteiger partial charge is 0.221 e. The van der Waals surface area contributed by atoms with Crippen LogP contribution in [-0.4, -0.2) is 21.1 Å². The molecule has 6 nitrogen and oxygen atoms in total. The fourth-order valence-electron chi connectivity index (χ4n) is 1.53. The highest BCUT2D eigenvalue weighted by atomic mass is 32.1. The highest BCUT2D eigenvalue weighted by molar-refractivity contribution is 7.71. The van der Waals surface area contributed by atoms with Gasteiger partial charge in [0.15, 0.2) is 5.82 Å². The first-order valence-corrected chi connectivity index (χ1v) is 6.03. The molecule has 98 valence electrons. The van der Waals surface area contributed by atoms with Crippen molar-refractivity contribution < 1.29 is 4.79 Å². The van der Waals surface area contributed by atoms with E-state index in [0.29, 0.717) is 22.0 Å². The fourth-order valence-corrected chi connectivity index (χ4v) is 1.66. The number of aromatic amines is 1. The molecule has 3 N–H and O–H groups in total. The Kier molecular flexibility index (Phi) is 3.86. The minimum atomic E-state index is -0.115. The molecular weight excluding hydrogens is 262 g/mol. The number of aryl methyl sites for hydroxylation is 1. The second kappa shape index (κ2) is 5.57. The standard InChI is InChI=1S/C12H13N5OS/c1-7-11(15-12(19)17-16-7)14-10-5-3-4-9(6-10)13-8(2)18/h3-6H,1-2H3,(H,13,18)(H2,14,15,17,19). The summed E-state index contributed by atoms with van der Waals surface area (Å²) in [5.74, 6) is 0.471. The maximum Gasteiger partial charge on any atom is 0.221 e. The third kappa shape index (κ3) is 3.59. The number of carbonyl (C=O) groups excluding carboxylic acids is 1. The molecule has 0 saturated heterocycles. The lowest BCUT2D eigenvalue weighted by Crippen LogP contribution is -2.06. The van der Waals surface area contributed by atoms with E-state index in [1.807, 2.05) is 31.2 Å². The van der Waals surface area contributed by atoms with Gasteiger partial charge in [0, 0.05) is 18.3 Å². The first kappa shape index (κ1) is 13.2. The molecule has 0 aliphatic rings. The van der Waals surface area contributed by atoms with Gasteiger partial charge in [0.25, 0.3) is 0 Å².